The van der Waals surface area contributed by atoms with E-state index in [1.807, 2.05) is 0 Å². The molecule has 1 fully saturated rings. The molecule has 23 heavy (non-hydrogen) atoms. The summed E-state index contributed by atoms with van der Waals surface area (Å²) in [4.78, 5) is 12.2. The number of carbonyl (C=O) groups excluding carboxylic acids is 1. The minimum Gasteiger partial charge on any atom is -0.352 e. The van der Waals surface area contributed by atoms with Crippen molar-refractivity contribution >= 4 is 16.1 Å². The molecular weight excluding hydrogens is 321 g/mol. The Morgan fingerprint density at radius 1 is 1.35 bits per heavy atom. The summed E-state index contributed by atoms with van der Waals surface area (Å²) >= 11 is 0. The summed E-state index contributed by atoms with van der Waals surface area (Å²) in [6.07, 6.45) is 0.976. The number of benzene rings is 1. The molecule has 1 heterocycles. The molecule has 1 aromatic carbocycles. The van der Waals surface area contributed by atoms with Gasteiger partial charge in [-0.25, -0.2) is 4.39 Å². The Labute approximate surface area is 136 Å². The molecule has 0 spiro atoms. The minimum atomic E-state index is -3.42. The van der Waals surface area contributed by atoms with E-state index in [9.17, 15) is 17.6 Å². The van der Waals surface area contributed by atoms with Crippen molar-refractivity contribution in [2.75, 3.05) is 27.2 Å². The third-order valence-electron chi connectivity index (χ3n) is 3.97. The average Bonchev–Trinajstić information content (AvgIpc) is 2.52. The molecule has 2 rings (SSSR count). The SMILES string of the molecule is CN(C)S(=O)(=O)N1CCC(C(=O)NCc2cccc(F)c2)CC1. The first-order valence-corrected chi connectivity index (χ1v) is 8.90. The molecule has 6 nitrogen and oxygen atoms in total. The first kappa shape index (κ1) is 17.8. The molecule has 1 aliphatic heterocycles. The van der Waals surface area contributed by atoms with Crippen LogP contribution in [0.2, 0.25) is 0 Å². The molecule has 0 saturated carbocycles. The van der Waals surface area contributed by atoms with E-state index in [1.54, 1.807) is 12.1 Å². The van der Waals surface area contributed by atoms with Crippen LogP contribution in [0.5, 0.6) is 0 Å². The molecule has 128 valence electrons. The third-order valence-corrected chi connectivity index (χ3v) is 5.91. The van der Waals surface area contributed by atoms with E-state index in [0.717, 1.165) is 0 Å². The fourth-order valence-corrected chi connectivity index (χ4v) is 3.69. The van der Waals surface area contributed by atoms with E-state index in [1.165, 1.54) is 34.8 Å². The minimum absolute atomic E-state index is 0.115. The van der Waals surface area contributed by atoms with Crippen molar-refractivity contribution in [3.8, 4) is 0 Å². The number of nitrogens with one attached hydrogen (secondary N) is 1. The van der Waals surface area contributed by atoms with Gasteiger partial charge in [0.05, 0.1) is 0 Å². The van der Waals surface area contributed by atoms with Gasteiger partial charge in [0.2, 0.25) is 5.91 Å². The van der Waals surface area contributed by atoms with Gasteiger partial charge in [-0.05, 0) is 30.5 Å². The molecular formula is C15H22FN3O3S. The molecule has 1 N–H and O–H groups in total. The average molecular weight is 343 g/mol. The standard InChI is InChI=1S/C15H22FN3O3S/c1-18(2)23(21,22)19-8-6-13(7-9-19)15(20)17-11-12-4-3-5-14(16)10-12/h3-5,10,13H,6-9,11H2,1-2H3,(H,17,20). The zero-order chi connectivity index (χ0) is 17.0. The van der Waals surface area contributed by atoms with Crippen LogP contribution < -0.4 is 5.32 Å². The molecule has 0 atom stereocenters. The molecule has 1 amide bonds. The summed E-state index contributed by atoms with van der Waals surface area (Å²) in [5.74, 6) is -0.660. The van der Waals surface area contributed by atoms with Crippen LogP contribution in [0.4, 0.5) is 4.39 Å². The van der Waals surface area contributed by atoms with Crippen LogP contribution >= 0.6 is 0 Å². The zero-order valence-electron chi connectivity index (χ0n) is 13.3. The second-order valence-corrected chi connectivity index (χ2v) is 7.95. The van der Waals surface area contributed by atoms with Gasteiger partial charge in [-0.15, -0.1) is 0 Å². The lowest BCUT2D eigenvalue weighted by atomic mass is 9.97. The summed E-state index contributed by atoms with van der Waals surface area (Å²) in [5, 5.41) is 2.79. The van der Waals surface area contributed by atoms with Gasteiger partial charge in [0, 0.05) is 39.6 Å². The summed E-state index contributed by atoms with van der Waals surface area (Å²) in [6, 6.07) is 6.08. The maximum absolute atomic E-state index is 13.1. The number of halogens is 1. The highest BCUT2D eigenvalue weighted by atomic mass is 32.2. The molecule has 0 unspecified atom stereocenters. The predicted molar refractivity (Wildman–Crippen MR) is 85.2 cm³/mol. The van der Waals surface area contributed by atoms with E-state index in [0.29, 0.717) is 31.5 Å². The van der Waals surface area contributed by atoms with E-state index in [2.05, 4.69) is 5.32 Å². The van der Waals surface area contributed by atoms with Gasteiger partial charge in [0.25, 0.3) is 10.2 Å². The quantitative estimate of drug-likeness (QED) is 0.866. The van der Waals surface area contributed by atoms with Crippen molar-refractivity contribution in [2.45, 2.75) is 19.4 Å². The summed E-state index contributed by atoms with van der Waals surface area (Å²) < 4.78 is 39.7. The molecule has 0 bridgehead atoms. The topological polar surface area (TPSA) is 69.7 Å². The fourth-order valence-electron chi connectivity index (χ4n) is 2.56. The first-order valence-electron chi connectivity index (χ1n) is 7.50. The van der Waals surface area contributed by atoms with Crippen LogP contribution in [0.15, 0.2) is 24.3 Å². The van der Waals surface area contributed by atoms with Gasteiger partial charge in [-0.1, -0.05) is 12.1 Å². The number of hydrogen-bond acceptors (Lipinski definition) is 3. The first-order chi connectivity index (χ1) is 10.8. The number of amides is 1. The lowest BCUT2D eigenvalue weighted by Gasteiger charge is -2.32. The number of rotatable bonds is 5. The lowest BCUT2D eigenvalue weighted by molar-refractivity contribution is -0.126. The van der Waals surface area contributed by atoms with Crippen LogP contribution in [0.25, 0.3) is 0 Å². The van der Waals surface area contributed by atoms with Crippen LogP contribution in [0, 0.1) is 11.7 Å². The van der Waals surface area contributed by atoms with Crippen molar-refractivity contribution in [2.24, 2.45) is 5.92 Å². The molecule has 1 saturated heterocycles. The Morgan fingerprint density at radius 3 is 2.57 bits per heavy atom. The largest absolute Gasteiger partial charge is 0.352 e. The van der Waals surface area contributed by atoms with Crippen LogP contribution in [-0.4, -0.2) is 50.1 Å². The molecule has 0 aromatic heterocycles. The fraction of sp³-hybridized carbons (Fsp3) is 0.533. The summed E-state index contributed by atoms with van der Waals surface area (Å²) in [7, 11) is -0.429. The Morgan fingerprint density at radius 2 is 2.00 bits per heavy atom. The van der Waals surface area contributed by atoms with Gasteiger partial charge in [0.15, 0.2) is 0 Å². The number of nitrogens with zero attached hydrogens (tertiary/aromatic N) is 2. The van der Waals surface area contributed by atoms with E-state index < -0.39 is 10.2 Å². The highest BCUT2D eigenvalue weighted by Gasteiger charge is 2.32. The third kappa shape index (κ3) is 4.49. The Bertz CT molecular complexity index is 656. The zero-order valence-corrected chi connectivity index (χ0v) is 14.1. The second kappa shape index (κ2) is 7.37. The van der Waals surface area contributed by atoms with Crippen molar-refractivity contribution in [3.05, 3.63) is 35.6 Å². The number of piperidine rings is 1. The molecule has 1 aliphatic rings. The highest BCUT2D eigenvalue weighted by Crippen LogP contribution is 2.20. The van der Waals surface area contributed by atoms with Gasteiger partial charge in [-0.3, -0.25) is 4.79 Å². The van der Waals surface area contributed by atoms with Crippen LogP contribution in [0.3, 0.4) is 0 Å². The predicted octanol–water partition coefficient (Wildman–Crippen LogP) is 0.960. The Hall–Kier alpha value is -1.51. The lowest BCUT2D eigenvalue weighted by Crippen LogP contribution is -2.46. The Balaban J connectivity index is 1.84. The molecule has 0 radical (unpaired) electrons. The van der Waals surface area contributed by atoms with Gasteiger partial charge in [-0.2, -0.15) is 17.0 Å². The van der Waals surface area contributed by atoms with Crippen molar-refractivity contribution in [1.82, 2.24) is 13.9 Å². The van der Waals surface area contributed by atoms with Gasteiger partial charge < -0.3 is 5.32 Å². The summed E-state index contributed by atoms with van der Waals surface area (Å²) in [5.41, 5.74) is 0.700. The normalized spacial score (nSPS) is 17.4. The maximum atomic E-state index is 13.1. The molecule has 1 aromatic rings. The molecule has 8 heteroatoms. The number of hydrogen-bond donors (Lipinski definition) is 1. The summed E-state index contributed by atoms with van der Waals surface area (Å²) in [6.45, 7) is 0.934. The highest BCUT2D eigenvalue weighted by molar-refractivity contribution is 7.86. The maximum Gasteiger partial charge on any atom is 0.281 e. The van der Waals surface area contributed by atoms with Crippen LogP contribution in [0.1, 0.15) is 18.4 Å². The second-order valence-electron chi connectivity index (χ2n) is 5.81. The Kier molecular flexibility index (Phi) is 5.72. The van der Waals surface area contributed by atoms with Crippen molar-refractivity contribution in [1.29, 1.82) is 0 Å². The van der Waals surface area contributed by atoms with E-state index in [4.69, 9.17) is 0 Å². The monoisotopic (exact) mass is 343 g/mol. The number of carbonyl (C=O) groups is 1. The van der Waals surface area contributed by atoms with Crippen molar-refractivity contribution in [3.63, 3.8) is 0 Å². The van der Waals surface area contributed by atoms with Crippen molar-refractivity contribution < 1.29 is 17.6 Å². The van der Waals surface area contributed by atoms with E-state index in [-0.39, 0.29) is 24.2 Å². The van der Waals surface area contributed by atoms with E-state index >= 15 is 0 Å². The van der Waals surface area contributed by atoms with Crippen LogP contribution in [-0.2, 0) is 21.5 Å². The van der Waals surface area contributed by atoms with Gasteiger partial charge in [0.1, 0.15) is 5.82 Å². The molecule has 0 aliphatic carbocycles. The smallest absolute Gasteiger partial charge is 0.281 e. The van der Waals surface area contributed by atoms with Gasteiger partial charge >= 0.3 is 0 Å².